The van der Waals surface area contributed by atoms with Crippen LogP contribution in [0.25, 0.3) is 0 Å². The van der Waals surface area contributed by atoms with Crippen molar-refractivity contribution < 1.29 is 17.9 Å². The Morgan fingerprint density at radius 2 is 1.79 bits per heavy atom. The summed E-state index contributed by atoms with van der Waals surface area (Å²) in [5.41, 5.74) is 1.14. The fourth-order valence-corrected chi connectivity index (χ4v) is 6.20. The molecule has 2 atom stereocenters. The lowest BCUT2D eigenvalue weighted by Crippen LogP contribution is -2.41. The fraction of sp³-hybridized carbons (Fsp3) is 0.474. The molecule has 0 spiro atoms. The highest BCUT2D eigenvalue weighted by Gasteiger charge is 2.45. The Balaban J connectivity index is 1.76. The van der Waals surface area contributed by atoms with Crippen LogP contribution in [0.2, 0.25) is 0 Å². The molecule has 2 aliphatic rings. The first-order valence-corrected chi connectivity index (χ1v) is 10.6. The van der Waals surface area contributed by atoms with Crippen LogP contribution >= 0.6 is 0 Å². The van der Waals surface area contributed by atoms with Gasteiger partial charge in [-0.3, -0.25) is 4.79 Å². The molecule has 2 bridgehead atoms. The van der Waals surface area contributed by atoms with Crippen LogP contribution in [-0.2, 0) is 22.9 Å². The highest BCUT2D eigenvalue weighted by atomic mass is 32.2. The zero-order valence-electron chi connectivity index (χ0n) is 16.1. The number of aromatic nitrogens is 2. The second kappa shape index (κ2) is 6.89. The van der Waals surface area contributed by atoms with Crippen molar-refractivity contribution in [2.24, 2.45) is 0 Å². The maximum Gasteiger partial charge on any atom is 0.254 e. The van der Waals surface area contributed by atoms with Crippen LogP contribution in [0.5, 0.6) is 11.5 Å². The molecule has 0 amide bonds. The summed E-state index contributed by atoms with van der Waals surface area (Å²) in [6.45, 7) is 1.74. The van der Waals surface area contributed by atoms with Gasteiger partial charge in [0.25, 0.3) is 5.56 Å². The summed E-state index contributed by atoms with van der Waals surface area (Å²) < 4.78 is 39.0. The van der Waals surface area contributed by atoms with Gasteiger partial charge in [0.2, 0.25) is 10.0 Å². The highest BCUT2D eigenvalue weighted by Crippen LogP contribution is 2.38. The molecule has 0 saturated carbocycles. The van der Waals surface area contributed by atoms with Gasteiger partial charge in [-0.1, -0.05) is 0 Å². The van der Waals surface area contributed by atoms with Gasteiger partial charge < -0.3 is 14.5 Å². The first-order chi connectivity index (χ1) is 13.3. The molecule has 9 heteroatoms. The summed E-state index contributed by atoms with van der Waals surface area (Å²) in [6.07, 6.45) is 2.30. The van der Waals surface area contributed by atoms with E-state index in [1.807, 2.05) is 0 Å². The molecule has 0 aliphatic carbocycles. The van der Waals surface area contributed by atoms with E-state index in [1.165, 1.54) is 26.4 Å². The minimum Gasteiger partial charge on any atom is -0.493 e. The number of H-pyrrole nitrogens is 1. The van der Waals surface area contributed by atoms with E-state index in [0.717, 1.165) is 12.8 Å². The molecule has 0 unspecified atom stereocenters. The monoisotopic (exact) mass is 405 g/mol. The van der Waals surface area contributed by atoms with Crippen LogP contribution in [0.4, 0.5) is 0 Å². The molecule has 8 nitrogen and oxygen atoms in total. The average Bonchev–Trinajstić information content (AvgIpc) is 2.97. The molecule has 1 aromatic heterocycles. The van der Waals surface area contributed by atoms with Crippen LogP contribution < -0.4 is 15.0 Å². The third-order valence-corrected chi connectivity index (χ3v) is 7.57. The van der Waals surface area contributed by atoms with Crippen LogP contribution in [0.3, 0.4) is 0 Å². The third-order valence-electron chi connectivity index (χ3n) is 5.57. The van der Waals surface area contributed by atoms with E-state index in [9.17, 15) is 13.2 Å². The maximum absolute atomic E-state index is 13.5. The molecule has 1 aromatic carbocycles. The SMILES string of the molecule is COc1ccc(S(=O)(=O)N2[C@@H]3CC[C@H]2Cc2nc(C)[nH]c(=O)c2C3)cc1OC. The van der Waals surface area contributed by atoms with Gasteiger partial charge in [0.15, 0.2) is 11.5 Å². The number of ether oxygens (including phenoxy) is 2. The lowest BCUT2D eigenvalue weighted by Gasteiger charge is -2.27. The summed E-state index contributed by atoms with van der Waals surface area (Å²) in [7, 11) is -0.784. The molecule has 2 aromatic rings. The zero-order chi connectivity index (χ0) is 20.1. The largest absolute Gasteiger partial charge is 0.493 e. The zero-order valence-corrected chi connectivity index (χ0v) is 16.9. The lowest BCUT2D eigenvalue weighted by molar-refractivity contribution is 0.326. The van der Waals surface area contributed by atoms with Crippen LogP contribution in [0, 0.1) is 6.92 Å². The highest BCUT2D eigenvalue weighted by molar-refractivity contribution is 7.89. The van der Waals surface area contributed by atoms with E-state index in [0.29, 0.717) is 41.4 Å². The Kier molecular flexibility index (Phi) is 4.67. The number of hydrogen-bond donors (Lipinski definition) is 1. The van der Waals surface area contributed by atoms with Crippen molar-refractivity contribution >= 4 is 10.0 Å². The number of sulfonamides is 1. The first kappa shape index (κ1) is 18.9. The molecule has 0 radical (unpaired) electrons. The van der Waals surface area contributed by atoms with Crippen molar-refractivity contribution in [3.63, 3.8) is 0 Å². The van der Waals surface area contributed by atoms with Gasteiger partial charge in [-0.15, -0.1) is 0 Å². The summed E-state index contributed by atoms with van der Waals surface area (Å²) in [5, 5.41) is 0. The molecule has 2 aliphatic heterocycles. The van der Waals surface area contributed by atoms with Crippen molar-refractivity contribution in [2.45, 2.75) is 49.6 Å². The average molecular weight is 405 g/mol. The predicted octanol–water partition coefficient (Wildman–Crippen LogP) is 1.42. The molecule has 1 N–H and O–H groups in total. The van der Waals surface area contributed by atoms with E-state index in [-0.39, 0.29) is 22.5 Å². The standard InChI is InChI=1S/C19H23N3O5S/c1-11-20-16-9-13-5-4-12(8-15(16)19(23)21-11)22(13)28(24,25)14-6-7-17(26-2)18(10-14)27-3/h6-7,10,12-13H,4-5,8-9H2,1-3H3,(H,20,21,23)/t12-,13+/m1/s1. The van der Waals surface area contributed by atoms with E-state index >= 15 is 0 Å². The van der Waals surface area contributed by atoms with Crippen LogP contribution in [-0.4, -0.2) is 49.0 Å². The summed E-state index contributed by atoms with van der Waals surface area (Å²) in [5.74, 6) is 1.39. The number of hydrogen-bond acceptors (Lipinski definition) is 6. The quantitative estimate of drug-likeness (QED) is 0.825. The topological polar surface area (TPSA) is 102 Å². The minimum atomic E-state index is -3.76. The van der Waals surface area contributed by atoms with Crippen molar-refractivity contribution in [2.75, 3.05) is 14.2 Å². The first-order valence-electron chi connectivity index (χ1n) is 9.19. The Morgan fingerprint density at radius 1 is 1.11 bits per heavy atom. The fourth-order valence-electron chi connectivity index (χ4n) is 4.32. The smallest absolute Gasteiger partial charge is 0.254 e. The number of rotatable bonds is 4. The number of fused-ring (bicyclic) bond motifs is 3. The molecule has 150 valence electrons. The Hall–Kier alpha value is -2.39. The molecule has 28 heavy (non-hydrogen) atoms. The maximum atomic E-state index is 13.5. The lowest BCUT2D eigenvalue weighted by atomic mass is 9.98. The van der Waals surface area contributed by atoms with E-state index < -0.39 is 10.0 Å². The number of methoxy groups -OCH3 is 2. The van der Waals surface area contributed by atoms with Crippen LogP contribution in [0.1, 0.15) is 29.9 Å². The van der Waals surface area contributed by atoms with Gasteiger partial charge in [-0.05, 0) is 38.3 Å². The van der Waals surface area contributed by atoms with E-state index in [1.54, 1.807) is 17.3 Å². The molecule has 4 rings (SSSR count). The summed E-state index contributed by atoms with van der Waals surface area (Å²) in [6, 6.07) is 4.15. The van der Waals surface area contributed by atoms with E-state index in [4.69, 9.17) is 9.47 Å². The predicted molar refractivity (Wildman–Crippen MR) is 102 cm³/mol. The Labute approximate surface area is 163 Å². The van der Waals surface area contributed by atoms with Crippen molar-refractivity contribution in [1.82, 2.24) is 14.3 Å². The number of benzene rings is 1. The molecular formula is C19H23N3O5S. The van der Waals surface area contributed by atoms with Gasteiger partial charge in [-0.25, -0.2) is 13.4 Å². The second-order valence-corrected chi connectivity index (χ2v) is 9.06. The second-order valence-electron chi connectivity index (χ2n) is 7.22. The van der Waals surface area contributed by atoms with Gasteiger partial charge in [0.1, 0.15) is 5.82 Å². The van der Waals surface area contributed by atoms with Crippen molar-refractivity contribution in [3.8, 4) is 11.5 Å². The van der Waals surface area contributed by atoms with Crippen LogP contribution in [0.15, 0.2) is 27.9 Å². The van der Waals surface area contributed by atoms with Gasteiger partial charge in [0, 0.05) is 30.1 Å². The third kappa shape index (κ3) is 2.98. The molecular weight excluding hydrogens is 382 g/mol. The van der Waals surface area contributed by atoms with Gasteiger partial charge in [0.05, 0.1) is 24.8 Å². The summed E-state index contributed by atoms with van der Waals surface area (Å²) in [4.78, 5) is 19.8. The number of aryl methyl sites for hydroxylation is 1. The van der Waals surface area contributed by atoms with Gasteiger partial charge in [-0.2, -0.15) is 4.31 Å². The number of aromatic amines is 1. The summed E-state index contributed by atoms with van der Waals surface area (Å²) >= 11 is 0. The van der Waals surface area contributed by atoms with Crippen molar-refractivity contribution in [1.29, 1.82) is 0 Å². The van der Waals surface area contributed by atoms with Gasteiger partial charge >= 0.3 is 0 Å². The van der Waals surface area contributed by atoms with Crippen molar-refractivity contribution in [3.05, 3.63) is 45.6 Å². The molecule has 1 saturated heterocycles. The normalized spacial score (nSPS) is 21.8. The number of nitrogens with one attached hydrogen (secondary N) is 1. The minimum absolute atomic E-state index is 0.158. The molecule has 1 fully saturated rings. The van der Waals surface area contributed by atoms with E-state index in [2.05, 4.69) is 9.97 Å². The number of nitrogens with zero attached hydrogens (tertiary/aromatic N) is 2. The molecule has 3 heterocycles. The Morgan fingerprint density at radius 3 is 2.46 bits per heavy atom. The Bertz CT molecular complexity index is 1080.